The minimum Gasteiger partial charge on any atom is -0.478 e. The molecule has 0 aliphatic carbocycles. The van der Waals surface area contributed by atoms with Gasteiger partial charge in [-0.2, -0.15) is 4.37 Å². The van der Waals surface area contributed by atoms with Gasteiger partial charge in [0.25, 0.3) is 5.91 Å². The summed E-state index contributed by atoms with van der Waals surface area (Å²) in [5, 5.41) is 9.56. The van der Waals surface area contributed by atoms with E-state index >= 15 is 0 Å². The van der Waals surface area contributed by atoms with Gasteiger partial charge in [-0.25, -0.2) is 4.79 Å². The van der Waals surface area contributed by atoms with Crippen molar-refractivity contribution in [3.63, 3.8) is 0 Å². The van der Waals surface area contributed by atoms with E-state index in [-0.39, 0.29) is 11.5 Å². The van der Waals surface area contributed by atoms with Crippen LogP contribution < -0.4 is 4.90 Å². The van der Waals surface area contributed by atoms with Crippen LogP contribution in [0.5, 0.6) is 0 Å². The molecule has 1 amide bonds. The van der Waals surface area contributed by atoms with Crippen LogP contribution in [0.1, 0.15) is 26.4 Å². The van der Waals surface area contributed by atoms with Gasteiger partial charge in [0.05, 0.1) is 11.3 Å². The molecule has 1 aromatic heterocycles. The Bertz CT molecular complexity index is 730. The largest absolute Gasteiger partial charge is 0.478 e. The number of rotatable bonds is 3. The van der Waals surface area contributed by atoms with Crippen molar-refractivity contribution in [2.45, 2.75) is 6.92 Å². The molecule has 110 valence electrons. The molecule has 2 rings (SSSR count). The molecule has 0 bridgehead atoms. The Morgan fingerprint density at radius 2 is 2.00 bits per heavy atom. The number of halogens is 2. The van der Waals surface area contributed by atoms with Gasteiger partial charge in [0.1, 0.15) is 10.6 Å². The highest BCUT2D eigenvalue weighted by molar-refractivity contribution is 9.11. The molecule has 1 heterocycles. The predicted molar refractivity (Wildman–Crippen MR) is 88.4 cm³/mol. The summed E-state index contributed by atoms with van der Waals surface area (Å²) in [7, 11) is 1.54. The maximum absolute atomic E-state index is 12.5. The normalized spacial score (nSPS) is 10.5. The molecule has 1 N–H and O–H groups in total. The molecule has 5 nitrogen and oxygen atoms in total. The number of aryl methyl sites for hydroxylation is 1. The van der Waals surface area contributed by atoms with E-state index in [0.717, 1.165) is 16.0 Å². The lowest BCUT2D eigenvalue weighted by Crippen LogP contribution is -2.27. The van der Waals surface area contributed by atoms with E-state index in [2.05, 4.69) is 36.2 Å². The second-order valence-corrected chi connectivity index (χ2v) is 6.76. The number of aromatic nitrogens is 1. The smallest absolute Gasteiger partial charge is 0.340 e. The number of aromatic carboxylic acids is 1. The second kappa shape index (κ2) is 6.25. The molecule has 0 unspecified atom stereocenters. The van der Waals surface area contributed by atoms with Crippen LogP contribution in [0.25, 0.3) is 0 Å². The SMILES string of the molecule is Cc1nsc(N(C)C(=O)c2ccc(Br)cc2Br)c1C(=O)O. The van der Waals surface area contributed by atoms with Gasteiger partial charge in [0.15, 0.2) is 0 Å². The predicted octanol–water partition coefficient (Wildman–Crippen LogP) is 3.95. The zero-order valence-electron chi connectivity index (χ0n) is 11.1. The Labute approximate surface area is 142 Å². The number of hydrogen-bond donors (Lipinski definition) is 1. The number of carbonyl (C=O) groups is 2. The molecule has 0 aliphatic heterocycles. The van der Waals surface area contributed by atoms with E-state index in [1.54, 1.807) is 25.1 Å². The van der Waals surface area contributed by atoms with Gasteiger partial charge in [-0.15, -0.1) is 0 Å². The van der Waals surface area contributed by atoms with Crippen molar-refractivity contribution >= 4 is 60.3 Å². The summed E-state index contributed by atoms with van der Waals surface area (Å²) in [5.74, 6) is -1.40. The Morgan fingerprint density at radius 3 is 2.57 bits per heavy atom. The second-order valence-electron chi connectivity index (χ2n) is 4.24. The van der Waals surface area contributed by atoms with Gasteiger partial charge in [-0.1, -0.05) is 15.9 Å². The summed E-state index contributed by atoms with van der Waals surface area (Å²) in [6.45, 7) is 1.61. The zero-order chi connectivity index (χ0) is 15.7. The van der Waals surface area contributed by atoms with Crippen LogP contribution in [-0.2, 0) is 0 Å². The number of nitrogens with zero attached hydrogens (tertiary/aromatic N) is 2. The van der Waals surface area contributed by atoms with Crippen LogP contribution in [0.2, 0.25) is 0 Å². The molecule has 8 heteroatoms. The van der Waals surface area contributed by atoms with Gasteiger partial charge >= 0.3 is 5.97 Å². The lowest BCUT2D eigenvalue weighted by Gasteiger charge is -2.16. The van der Waals surface area contributed by atoms with Crippen molar-refractivity contribution < 1.29 is 14.7 Å². The molecular weight excluding hydrogens is 424 g/mol. The molecule has 2 aromatic rings. The van der Waals surface area contributed by atoms with Crippen LogP contribution in [-0.4, -0.2) is 28.4 Å². The summed E-state index contributed by atoms with van der Waals surface area (Å²) < 4.78 is 5.49. The van der Waals surface area contributed by atoms with E-state index in [1.165, 1.54) is 11.9 Å². The maximum atomic E-state index is 12.5. The first-order chi connectivity index (χ1) is 9.82. The minimum atomic E-state index is -1.09. The molecule has 0 aliphatic rings. The first-order valence-corrected chi connectivity index (χ1v) is 8.11. The monoisotopic (exact) mass is 432 g/mol. The number of anilines is 1. The Kier molecular flexibility index (Phi) is 4.80. The lowest BCUT2D eigenvalue weighted by atomic mass is 10.2. The molecule has 0 spiro atoms. The molecule has 0 saturated carbocycles. The third-order valence-electron chi connectivity index (χ3n) is 2.83. The standard InChI is InChI=1S/C13H10Br2N2O3S/c1-6-10(13(19)20)12(21-16-6)17(2)11(18)8-4-3-7(14)5-9(8)15/h3-5H,1-2H3,(H,19,20). The first-order valence-electron chi connectivity index (χ1n) is 5.75. The van der Waals surface area contributed by atoms with Crippen molar-refractivity contribution in [3.05, 3.63) is 44.0 Å². The van der Waals surface area contributed by atoms with Crippen molar-refractivity contribution in [2.24, 2.45) is 0 Å². The Hall–Kier alpha value is -1.25. The van der Waals surface area contributed by atoms with Crippen molar-refractivity contribution in [1.82, 2.24) is 4.37 Å². The van der Waals surface area contributed by atoms with E-state index < -0.39 is 5.97 Å². The molecular formula is C13H10Br2N2O3S. The lowest BCUT2D eigenvalue weighted by molar-refractivity contribution is 0.0697. The Balaban J connectivity index is 2.42. The fourth-order valence-electron chi connectivity index (χ4n) is 1.77. The molecule has 0 saturated heterocycles. The number of hydrogen-bond acceptors (Lipinski definition) is 4. The highest BCUT2D eigenvalue weighted by Crippen LogP contribution is 2.30. The van der Waals surface area contributed by atoms with Crippen molar-refractivity contribution in [1.29, 1.82) is 0 Å². The molecule has 0 radical (unpaired) electrons. The average Bonchev–Trinajstić information content (AvgIpc) is 2.79. The number of carboxylic acids is 1. The van der Waals surface area contributed by atoms with Gasteiger partial charge < -0.3 is 10.0 Å². The minimum absolute atomic E-state index is 0.0593. The van der Waals surface area contributed by atoms with E-state index in [9.17, 15) is 14.7 Å². The van der Waals surface area contributed by atoms with Crippen LogP contribution in [0.3, 0.4) is 0 Å². The summed E-state index contributed by atoms with van der Waals surface area (Å²) in [6, 6.07) is 5.18. The first kappa shape index (κ1) is 16.1. The van der Waals surface area contributed by atoms with Crippen LogP contribution in [0, 0.1) is 6.92 Å². The molecule has 0 fully saturated rings. The summed E-state index contributed by atoms with van der Waals surface area (Å²) in [6.07, 6.45) is 0. The van der Waals surface area contributed by atoms with Crippen LogP contribution >= 0.6 is 43.4 Å². The number of carbonyl (C=O) groups excluding carboxylic acids is 1. The molecule has 0 atom stereocenters. The van der Waals surface area contributed by atoms with Gasteiger partial charge in [0, 0.05) is 16.0 Å². The van der Waals surface area contributed by atoms with E-state index in [4.69, 9.17) is 0 Å². The number of benzene rings is 1. The van der Waals surface area contributed by atoms with Crippen LogP contribution in [0.4, 0.5) is 5.00 Å². The van der Waals surface area contributed by atoms with Gasteiger partial charge in [-0.3, -0.25) is 4.79 Å². The highest BCUT2D eigenvalue weighted by atomic mass is 79.9. The molecule has 21 heavy (non-hydrogen) atoms. The van der Waals surface area contributed by atoms with E-state index in [1.807, 2.05) is 0 Å². The van der Waals surface area contributed by atoms with Gasteiger partial charge in [0.2, 0.25) is 0 Å². The van der Waals surface area contributed by atoms with Gasteiger partial charge in [-0.05, 0) is 52.6 Å². The van der Waals surface area contributed by atoms with E-state index in [0.29, 0.717) is 20.7 Å². The highest BCUT2D eigenvalue weighted by Gasteiger charge is 2.25. The van der Waals surface area contributed by atoms with Crippen molar-refractivity contribution in [2.75, 3.05) is 11.9 Å². The quantitative estimate of drug-likeness (QED) is 0.795. The zero-order valence-corrected chi connectivity index (χ0v) is 15.0. The van der Waals surface area contributed by atoms with Crippen LogP contribution in [0.15, 0.2) is 27.1 Å². The average molecular weight is 434 g/mol. The number of amides is 1. The third kappa shape index (κ3) is 3.17. The maximum Gasteiger partial charge on any atom is 0.340 e. The summed E-state index contributed by atoms with van der Waals surface area (Å²) in [5.41, 5.74) is 0.907. The summed E-state index contributed by atoms with van der Waals surface area (Å²) >= 11 is 7.65. The summed E-state index contributed by atoms with van der Waals surface area (Å²) in [4.78, 5) is 25.1. The molecule has 1 aromatic carbocycles. The third-order valence-corrected chi connectivity index (χ3v) is 4.99. The number of carboxylic acid groups (broad SMARTS) is 1. The topological polar surface area (TPSA) is 70.5 Å². The fraction of sp³-hybridized carbons (Fsp3) is 0.154. The Morgan fingerprint density at radius 1 is 1.33 bits per heavy atom. The van der Waals surface area contributed by atoms with Crippen molar-refractivity contribution in [3.8, 4) is 0 Å². The fourth-order valence-corrected chi connectivity index (χ4v) is 3.83.